The summed E-state index contributed by atoms with van der Waals surface area (Å²) in [6, 6.07) is 0. The van der Waals surface area contributed by atoms with E-state index in [1.54, 1.807) is 0 Å². The van der Waals surface area contributed by atoms with Crippen molar-refractivity contribution in [2.75, 3.05) is 0 Å². The Morgan fingerprint density at radius 1 is 0.625 bits per heavy atom. The summed E-state index contributed by atoms with van der Waals surface area (Å²) in [5.74, 6) is 3.80. The summed E-state index contributed by atoms with van der Waals surface area (Å²) in [7, 11) is 0. The van der Waals surface area contributed by atoms with Crippen LogP contribution >= 0.6 is 0 Å². The molecule has 0 aromatic heterocycles. The van der Waals surface area contributed by atoms with Crippen molar-refractivity contribution in [3.05, 3.63) is 12.2 Å². The fourth-order valence-corrected chi connectivity index (χ4v) is 3.27. The van der Waals surface area contributed by atoms with Crippen molar-refractivity contribution in [3.8, 4) is 0 Å². The molecule has 0 aromatic rings. The van der Waals surface area contributed by atoms with Crippen molar-refractivity contribution in [1.29, 1.82) is 0 Å². The molecule has 0 unspecified atom stereocenters. The fraction of sp³-hybridized carbons (Fsp3) is 0.875. The lowest BCUT2D eigenvalue weighted by Gasteiger charge is -2.26. The zero-order valence-electron chi connectivity index (χ0n) is 11.1. The Bertz CT molecular complexity index is 197. The molecule has 0 spiro atoms. The molecule has 2 saturated carbocycles. The van der Waals surface area contributed by atoms with Crippen molar-refractivity contribution in [3.63, 3.8) is 0 Å². The van der Waals surface area contributed by atoms with Crippen molar-refractivity contribution < 1.29 is 2.85 Å². The SMILES string of the molecule is CC1CCC(/C=C/C2CCC(C)CC2)CC1.[HH].[HH]. The quantitative estimate of drug-likeness (QED) is 0.529. The largest absolute Gasteiger partial charge is 0.0851 e. The predicted octanol–water partition coefficient (Wildman–Crippen LogP) is 5.69. The van der Waals surface area contributed by atoms with E-state index in [9.17, 15) is 0 Å². The van der Waals surface area contributed by atoms with Gasteiger partial charge in [0.2, 0.25) is 0 Å². The lowest BCUT2D eigenvalue weighted by molar-refractivity contribution is 0.318. The summed E-state index contributed by atoms with van der Waals surface area (Å²) in [6.45, 7) is 4.81. The molecule has 0 heteroatoms. The second-order valence-electron chi connectivity index (χ2n) is 6.42. The summed E-state index contributed by atoms with van der Waals surface area (Å²) < 4.78 is 0. The van der Waals surface area contributed by atoms with Crippen molar-refractivity contribution in [2.24, 2.45) is 23.7 Å². The minimum atomic E-state index is 0. The molecular formula is C16H32. The Morgan fingerprint density at radius 3 is 1.25 bits per heavy atom. The van der Waals surface area contributed by atoms with Crippen LogP contribution < -0.4 is 0 Å². The second-order valence-corrected chi connectivity index (χ2v) is 6.42. The highest BCUT2D eigenvalue weighted by Gasteiger charge is 2.18. The summed E-state index contributed by atoms with van der Waals surface area (Å²) in [5.41, 5.74) is 0. The highest BCUT2D eigenvalue weighted by Crippen LogP contribution is 2.32. The first-order valence-corrected chi connectivity index (χ1v) is 7.42. The normalized spacial score (nSPS) is 41.4. The van der Waals surface area contributed by atoms with Crippen molar-refractivity contribution >= 4 is 0 Å². The van der Waals surface area contributed by atoms with Crippen LogP contribution in [0.25, 0.3) is 0 Å². The van der Waals surface area contributed by atoms with E-state index in [1.165, 1.54) is 51.4 Å². The average molecular weight is 224 g/mol. The first kappa shape index (κ1) is 12.2. The molecule has 96 valence electrons. The van der Waals surface area contributed by atoms with E-state index < -0.39 is 0 Å². The molecule has 16 heavy (non-hydrogen) atoms. The van der Waals surface area contributed by atoms with Crippen molar-refractivity contribution in [1.82, 2.24) is 0 Å². The van der Waals surface area contributed by atoms with Gasteiger partial charge in [-0.15, -0.1) is 0 Å². The smallest absolute Gasteiger partial charge is 0 e. The zero-order chi connectivity index (χ0) is 11.4. The zero-order valence-corrected chi connectivity index (χ0v) is 11.1. The van der Waals surface area contributed by atoms with Gasteiger partial charge in [-0.2, -0.15) is 0 Å². The number of hydrogen-bond acceptors (Lipinski definition) is 0. The van der Waals surface area contributed by atoms with Crippen molar-refractivity contribution in [2.45, 2.75) is 65.2 Å². The number of allylic oxidation sites excluding steroid dienone is 2. The second kappa shape index (κ2) is 5.89. The molecule has 0 aromatic carbocycles. The maximum Gasteiger partial charge on any atom is 0 e. The van der Waals surface area contributed by atoms with Crippen LogP contribution in [0.3, 0.4) is 0 Å². The molecule has 0 radical (unpaired) electrons. The van der Waals surface area contributed by atoms with E-state index in [0.717, 1.165) is 23.7 Å². The van der Waals surface area contributed by atoms with Gasteiger partial charge < -0.3 is 0 Å². The van der Waals surface area contributed by atoms with Gasteiger partial charge in [-0.1, -0.05) is 51.7 Å². The van der Waals surface area contributed by atoms with Crippen LogP contribution in [-0.4, -0.2) is 0 Å². The van der Waals surface area contributed by atoms with Crippen LogP contribution in [-0.2, 0) is 0 Å². The number of rotatable bonds is 2. The van der Waals surface area contributed by atoms with Crippen LogP contribution in [0.5, 0.6) is 0 Å². The maximum absolute atomic E-state index is 2.56. The van der Waals surface area contributed by atoms with E-state index in [1.807, 2.05) is 0 Å². The molecule has 2 aliphatic rings. The van der Waals surface area contributed by atoms with Crippen LogP contribution in [0, 0.1) is 23.7 Å². The molecule has 0 nitrogen and oxygen atoms in total. The first-order valence-electron chi connectivity index (χ1n) is 7.42. The molecule has 0 N–H and O–H groups in total. The third-order valence-electron chi connectivity index (χ3n) is 4.78. The summed E-state index contributed by atoms with van der Waals surface area (Å²) in [6.07, 6.45) is 16.7. The highest BCUT2D eigenvalue weighted by molar-refractivity contribution is 4.95. The predicted molar refractivity (Wildman–Crippen MR) is 75.6 cm³/mol. The van der Waals surface area contributed by atoms with E-state index >= 15 is 0 Å². The molecule has 0 saturated heterocycles. The molecular weight excluding hydrogens is 192 g/mol. The van der Waals surface area contributed by atoms with Gasteiger partial charge in [-0.25, -0.2) is 0 Å². The van der Waals surface area contributed by atoms with Gasteiger partial charge >= 0.3 is 0 Å². The topological polar surface area (TPSA) is 0 Å². The molecule has 2 aliphatic carbocycles. The van der Waals surface area contributed by atoms with Gasteiger partial charge in [0.15, 0.2) is 0 Å². The summed E-state index contributed by atoms with van der Waals surface area (Å²) in [4.78, 5) is 0. The lowest BCUT2D eigenvalue weighted by atomic mass is 9.80. The van der Waals surface area contributed by atoms with E-state index in [0.29, 0.717) is 0 Å². The van der Waals surface area contributed by atoms with E-state index in [2.05, 4.69) is 26.0 Å². The van der Waals surface area contributed by atoms with Crippen LogP contribution in [0.15, 0.2) is 12.2 Å². The summed E-state index contributed by atoms with van der Waals surface area (Å²) >= 11 is 0. The van der Waals surface area contributed by atoms with Crippen LogP contribution in [0.2, 0.25) is 0 Å². The lowest BCUT2D eigenvalue weighted by Crippen LogP contribution is -2.12. The third-order valence-corrected chi connectivity index (χ3v) is 4.78. The Balaban J connectivity index is 0.00000144. The van der Waals surface area contributed by atoms with Crippen LogP contribution in [0.4, 0.5) is 0 Å². The standard InChI is InChI=1S/C16H28.2H2/c1-13-3-7-15(8-4-13)11-12-16-9-5-14(2)6-10-16;;/h11-16H,3-10H2,1-2H3;2*1H/b12-11+;;. The van der Waals surface area contributed by atoms with Gasteiger partial charge in [0.25, 0.3) is 0 Å². The Hall–Kier alpha value is -0.260. The first-order chi connectivity index (χ1) is 7.74. The van der Waals surface area contributed by atoms with Gasteiger partial charge in [-0.05, 0) is 49.4 Å². The maximum atomic E-state index is 2.56. The molecule has 0 amide bonds. The molecule has 0 heterocycles. The fourth-order valence-electron chi connectivity index (χ4n) is 3.27. The molecule has 2 rings (SSSR count). The molecule has 2 fully saturated rings. The minimum Gasteiger partial charge on any atom is -0.0851 e. The number of hydrogen-bond donors (Lipinski definition) is 0. The van der Waals surface area contributed by atoms with Gasteiger partial charge in [0.05, 0.1) is 0 Å². The minimum absolute atomic E-state index is 0. The Labute approximate surface area is 104 Å². The monoisotopic (exact) mass is 224 g/mol. The molecule has 0 aliphatic heterocycles. The van der Waals surface area contributed by atoms with Gasteiger partial charge in [0, 0.05) is 2.85 Å². The summed E-state index contributed by atoms with van der Waals surface area (Å²) in [5, 5.41) is 0. The molecule has 0 atom stereocenters. The average Bonchev–Trinajstić information content (AvgIpc) is 2.30. The Morgan fingerprint density at radius 2 is 0.938 bits per heavy atom. The van der Waals surface area contributed by atoms with Gasteiger partial charge in [-0.3, -0.25) is 0 Å². The molecule has 0 bridgehead atoms. The van der Waals surface area contributed by atoms with Crippen LogP contribution in [0.1, 0.15) is 68.1 Å². The van der Waals surface area contributed by atoms with E-state index in [4.69, 9.17) is 0 Å². The van der Waals surface area contributed by atoms with Gasteiger partial charge in [0.1, 0.15) is 0 Å². The Kier molecular flexibility index (Phi) is 4.49. The highest BCUT2D eigenvalue weighted by atomic mass is 14.2. The third kappa shape index (κ3) is 3.64. The van der Waals surface area contributed by atoms with E-state index in [-0.39, 0.29) is 2.85 Å².